The molecule has 3 aromatic carbocycles. The van der Waals surface area contributed by atoms with Crippen molar-refractivity contribution in [1.29, 1.82) is 0 Å². The van der Waals surface area contributed by atoms with Crippen molar-refractivity contribution in [2.75, 3.05) is 59.5 Å². The fourth-order valence-corrected chi connectivity index (χ4v) is 6.44. The molecule has 0 heterocycles. The number of rotatable bonds is 43. The minimum atomic E-state index is -1.18. The monoisotopic (exact) mass is 1420 g/mol. The van der Waals surface area contributed by atoms with E-state index in [0.717, 1.165) is 11.1 Å². The Morgan fingerprint density at radius 3 is 1.16 bits per heavy atom. The zero-order valence-electron chi connectivity index (χ0n) is 53.2. The minimum absolute atomic E-state index is 0.0164. The Kier molecular flexibility index (Phi) is 48.4. The van der Waals surface area contributed by atoms with E-state index in [2.05, 4.69) is 60.2 Å². The number of nitrogens with one attached hydrogen (secondary N) is 5. The summed E-state index contributed by atoms with van der Waals surface area (Å²) < 4.78 is 19.0. The first-order valence-corrected chi connectivity index (χ1v) is 28.9. The van der Waals surface area contributed by atoms with Crippen LogP contribution in [0, 0.1) is 50.6 Å². The summed E-state index contributed by atoms with van der Waals surface area (Å²) in [6, 6.07) is 19.0. The lowest BCUT2D eigenvalue weighted by Crippen LogP contribution is -2.42. The van der Waals surface area contributed by atoms with Gasteiger partial charge in [0, 0.05) is 25.7 Å². The van der Waals surface area contributed by atoms with Crippen molar-refractivity contribution in [2.24, 2.45) is 0 Å². The molecule has 0 aliphatic rings. The molecule has 99 heavy (non-hydrogen) atoms. The number of amides is 5. The molecule has 10 N–H and O–H groups in total. The molecule has 3 rings (SSSR count). The van der Waals surface area contributed by atoms with E-state index in [9.17, 15) is 98.5 Å². The number of aliphatic carboxylic acids is 5. The quantitative estimate of drug-likeness (QED) is 0.0221. The van der Waals surface area contributed by atoms with Gasteiger partial charge < -0.3 is 95.3 Å². The van der Waals surface area contributed by atoms with Crippen LogP contribution in [0.1, 0.15) is 82.4 Å². The molecule has 550 valence electrons. The molecule has 0 radical (unpaired) electrons. The summed E-state index contributed by atoms with van der Waals surface area (Å²) in [4.78, 5) is 180. The van der Waals surface area contributed by atoms with Crippen molar-refractivity contribution < 1.29 is 142 Å². The number of benzene rings is 3. The fraction of sp³-hybridized carbons (Fsp3) is 0.491. The molecule has 0 aliphatic heterocycles. The summed E-state index contributed by atoms with van der Waals surface area (Å²) in [7, 11) is 0. The lowest BCUT2D eigenvalue weighted by atomic mass is 10.1. The number of unbranched alkanes of at least 4 members (excludes halogenated alkanes) is 2. The van der Waals surface area contributed by atoms with Crippen LogP contribution in [0.25, 0.3) is 0 Å². The number of nitrogens with zero attached hydrogens (tertiary/aromatic N) is 5. The SMILES string of the molecule is CC(NC(=O)OCCCCO[N+](=O)[O-])C(=O)O.CC(NC(=O)OCCOCCO[N+](=O)[O-])C(=O)O.CC(NC(=O)Oc1cccc(CCO[N+](=O)[O-])c1)C(=O)O.O=C(CCCCO[N+](=O)[O-])NC(Cc1ccccc1)C(=O)O.O=C(CCCO[N+](=O)[O-])NC(Cc1ccccc1)C(=O)O. The molecule has 0 saturated heterocycles. The summed E-state index contributed by atoms with van der Waals surface area (Å²) in [5.41, 5.74) is 2.28. The summed E-state index contributed by atoms with van der Waals surface area (Å²) in [5, 5.41) is 99.8. The average Bonchev–Trinajstić information content (AvgIpc) is 0.981. The van der Waals surface area contributed by atoms with Crippen LogP contribution in [0.4, 0.5) is 14.4 Å². The van der Waals surface area contributed by atoms with Gasteiger partial charge in [-0.25, -0.2) is 24.0 Å². The van der Waals surface area contributed by atoms with Crippen molar-refractivity contribution in [3.8, 4) is 5.75 Å². The zero-order valence-corrected chi connectivity index (χ0v) is 53.2. The molecule has 0 fully saturated rings. The third-order valence-electron chi connectivity index (χ3n) is 11.2. The fourth-order valence-electron chi connectivity index (χ4n) is 6.44. The first kappa shape index (κ1) is 88.8. The highest BCUT2D eigenvalue weighted by Gasteiger charge is 2.22. The van der Waals surface area contributed by atoms with Crippen molar-refractivity contribution in [3.63, 3.8) is 0 Å². The van der Waals surface area contributed by atoms with Crippen molar-refractivity contribution in [3.05, 3.63) is 152 Å². The third-order valence-corrected chi connectivity index (χ3v) is 11.2. The normalized spacial score (nSPS) is 11.4. The number of carbonyl (C=O) groups is 10. The van der Waals surface area contributed by atoms with E-state index in [1.54, 1.807) is 60.7 Å². The van der Waals surface area contributed by atoms with Gasteiger partial charge in [0.05, 0.1) is 39.6 Å². The number of alkyl carbamates (subject to hydrolysis) is 2. The summed E-state index contributed by atoms with van der Waals surface area (Å²) in [6.07, 6.45) is -0.274. The van der Waals surface area contributed by atoms with Crippen LogP contribution in [0.5, 0.6) is 5.75 Å². The molecule has 0 saturated carbocycles. The maximum atomic E-state index is 11.7. The van der Waals surface area contributed by atoms with Gasteiger partial charge in [0.15, 0.2) is 0 Å². The van der Waals surface area contributed by atoms with Gasteiger partial charge in [-0.1, -0.05) is 72.8 Å². The molecule has 5 amide bonds. The predicted octanol–water partition coefficient (Wildman–Crippen LogP) is 2.55. The number of carboxylic acids is 5. The predicted molar refractivity (Wildman–Crippen MR) is 327 cm³/mol. The van der Waals surface area contributed by atoms with E-state index in [-0.39, 0.29) is 104 Å². The molecule has 5 atom stereocenters. The highest BCUT2D eigenvalue weighted by Crippen LogP contribution is 2.15. The van der Waals surface area contributed by atoms with Crippen molar-refractivity contribution in [1.82, 2.24) is 26.6 Å². The van der Waals surface area contributed by atoms with Crippen LogP contribution >= 0.6 is 0 Å². The highest BCUT2D eigenvalue weighted by molar-refractivity contribution is 5.85. The first-order valence-electron chi connectivity index (χ1n) is 28.9. The van der Waals surface area contributed by atoms with Gasteiger partial charge in [-0.2, -0.15) is 0 Å². The summed E-state index contributed by atoms with van der Waals surface area (Å²) >= 11 is 0. The standard InChI is InChI=1S/C14H18N2O6.C13H16N2O6.C12H14N2O7.C8H14N2O8.C8H14N2O7/c17-13(8-4-5-9-22-16(20)21)15-12(14(18)19)10-11-6-2-1-3-7-11;16-12(7-4-8-21-15(19)20)14-11(13(17)18)9-10-5-2-1-3-6-10;1-8(11(15)16)13-12(17)21-10-4-2-3-9(7-10)5-6-20-14(18)19;1-6(7(11)12)9-8(13)17-4-2-16-3-5-18-10(14)15;1-6(7(11)12)9-8(13)16-4-2-3-5-17-10(14)15/h1-3,6-7,12H,4-5,8-10H2,(H,15,17)(H,18,19);1-3,5-6,11H,4,7-9H2,(H,14,16)(H,17,18);2-4,7-8H,5-6H2,1H3,(H,13,17)(H,15,16);6H,2-5H2,1H3,(H,9,13)(H,11,12);6H,2-5H2,1H3,(H,9,13)(H,11,12). The maximum Gasteiger partial charge on any atom is 0.413 e. The maximum absolute atomic E-state index is 11.7. The van der Waals surface area contributed by atoms with Crippen LogP contribution in [0.15, 0.2) is 84.9 Å². The average molecular weight is 1420 g/mol. The van der Waals surface area contributed by atoms with E-state index in [0.29, 0.717) is 31.2 Å². The van der Waals surface area contributed by atoms with Crippen LogP contribution < -0.4 is 31.3 Å². The molecule has 5 unspecified atom stereocenters. The second kappa shape index (κ2) is 54.0. The van der Waals surface area contributed by atoms with Gasteiger partial charge in [-0.15, -0.1) is 50.6 Å². The highest BCUT2D eigenvalue weighted by atomic mass is 17.0. The Balaban J connectivity index is 0. The molecular weight excluding hydrogens is 1340 g/mol. The van der Waals surface area contributed by atoms with Crippen LogP contribution in [0.2, 0.25) is 0 Å². The van der Waals surface area contributed by atoms with E-state index in [1.165, 1.54) is 32.9 Å². The van der Waals surface area contributed by atoms with Gasteiger partial charge in [0.1, 0.15) is 55.8 Å². The summed E-state index contributed by atoms with van der Waals surface area (Å²) in [6.45, 7) is 3.17. The molecule has 44 heteroatoms. The number of hydrogen-bond donors (Lipinski definition) is 10. The van der Waals surface area contributed by atoms with Gasteiger partial charge in [-0.3, -0.25) is 24.0 Å². The minimum Gasteiger partial charge on any atom is -0.480 e. The second-order valence-corrected chi connectivity index (χ2v) is 19.1. The molecule has 3 aromatic rings. The Morgan fingerprint density at radius 1 is 0.384 bits per heavy atom. The van der Waals surface area contributed by atoms with Gasteiger partial charge >= 0.3 is 48.1 Å². The Morgan fingerprint density at radius 2 is 0.737 bits per heavy atom. The third kappa shape index (κ3) is 53.8. The number of carboxylic acid groups (broad SMARTS) is 5. The van der Waals surface area contributed by atoms with Crippen LogP contribution in [-0.4, -0.2) is 201 Å². The lowest BCUT2D eigenvalue weighted by Gasteiger charge is -2.14. The second-order valence-electron chi connectivity index (χ2n) is 19.1. The Bertz CT molecular complexity index is 3010. The molecule has 44 nitrogen and oxygen atoms in total. The van der Waals surface area contributed by atoms with E-state index >= 15 is 0 Å². The molecule has 0 bridgehead atoms. The van der Waals surface area contributed by atoms with Crippen LogP contribution in [0.3, 0.4) is 0 Å². The molecule has 0 aliphatic carbocycles. The smallest absolute Gasteiger partial charge is 0.413 e. The number of carbonyl (C=O) groups excluding carboxylic acids is 5. The number of hydrogen-bond acceptors (Lipinski definition) is 29. The first-order chi connectivity index (χ1) is 46.7. The lowest BCUT2D eigenvalue weighted by molar-refractivity contribution is -0.758. The molecular formula is C55H76N10O34. The van der Waals surface area contributed by atoms with Crippen molar-refractivity contribution >= 4 is 59.9 Å². The van der Waals surface area contributed by atoms with Crippen LogP contribution in [-0.2, 0) is 91.2 Å². The largest absolute Gasteiger partial charge is 0.480 e. The van der Waals surface area contributed by atoms with E-state index in [1.807, 2.05) is 12.1 Å². The van der Waals surface area contributed by atoms with Gasteiger partial charge in [-0.05, 0) is 88.1 Å². The summed E-state index contributed by atoms with van der Waals surface area (Å²) in [5.74, 6) is -6.44. The Labute approximate surface area is 559 Å². The zero-order chi connectivity index (χ0) is 75.1. The van der Waals surface area contributed by atoms with E-state index in [4.69, 9.17) is 35.0 Å². The topological polar surface area (TPSA) is 631 Å². The van der Waals surface area contributed by atoms with Crippen molar-refractivity contribution in [2.45, 2.75) is 115 Å². The molecule has 0 aromatic heterocycles. The van der Waals surface area contributed by atoms with Gasteiger partial charge in [0.25, 0.3) is 25.4 Å². The molecule has 0 spiro atoms. The van der Waals surface area contributed by atoms with Gasteiger partial charge in [0.2, 0.25) is 11.8 Å². The Hall–Kier alpha value is -12.3. The van der Waals surface area contributed by atoms with E-state index < -0.39 is 116 Å². The number of ether oxygens (including phenoxy) is 4.